The fraction of sp³-hybridized carbons (Fsp3) is 0.571. The van der Waals surface area contributed by atoms with Crippen LogP contribution >= 0.6 is 0 Å². The molecule has 0 spiro atoms. The number of ether oxygens (including phenoxy) is 1. The zero-order chi connectivity index (χ0) is 13.1. The second-order valence-electron chi connectivity index (χ2n) is 4.93. The van der Waals surface area contributed by atoms with Crippen LogP contribution in [0.2, 0.25) is 0 Å². The minimum atomic E-state index is -0.0809. The van der Waals surface area contributed by atoms with Crippen molar-refractivity contribution in [2.75, 3.05) is 33.3 Å². The van der Waals surface area contributed by atoms with E-state index >= 15 is 0 Å². The van der Waals surface area contributed by atoms with Gasteiger partial charge in [-0.2, -0.15) is 0 Å². The number of nitrogens with two attached hydrogens (primary N) is 1. The molecule has 1 heterocycles. The lowest BCUT2D eigenvalue weighted by Crippen LogP contribution is -2.47. The number of methoxy groups -OCH3 is 1. The van der Waals surface area contributed by atoms with Crippen LogP contribution in [0.25, 0.3) is 0 Å². The van der Waals surface area contributed by atoms with Crippen LogP contribution in [0, 0.1) is 13.8 Å². The number of benzene rings is 1. The van der Waals surface area contributed by atoms with Gasteiger partial charge in [-0.15, -0.1) is 0 Å². The monoisotopic (exact) mass is 249 g/mol. The average molecular weight is 249 g/mol. The van der Waals surface area contributed by atoms with E-state index in [9.17, 15) is 0 Å². The summed E-state index contributed by atoms with van der Waals surface area (Å²) >= 11 is 0. The molecule has 0 bridgehead atoms. The molecule has 1 saturated heterocycles. The van der Waals surface area contributed by atoms with Gasteiger partial charge in [0.15, 0.2) is 0 Å². The predicted octanol–water partition coefficient (Wildman–Crippen LogP) is 1.17. The van der Waals surface area contributed by atoms with Crippen molar-refractivity contribution >= 4 is 0 Å². The van der Waals surface area contributed by atoms with Gasteiger partial charge in [-0.1, -0.05) is 6.07 Å². The topological polar surface area (TPSA) is 50.5 Å². The van der Waals surface area contributed by atoms with Gasteiger partial charge in [0.05, 0.1) is 13.3 Å². The van der Waals surface area contributed by atoms with Crippen LogP contribution in [0.15, 0.2) is 12.1 Å². The fourth-order valence-corrected chi connectivity index (χ4v) is 2.63. The molecule has 1 aromatic carbocycles. The quantitative estimate of drug-likeness (QED) is 0.844. The molecular formula is C14H23N3O. The number of rotatable bonds is 3. The van der Waals surface area contributed by atoms with E-state index < -0.39 is 0 Å². The van der Waals surface area contributed by atoms with Crippen LogP contribution in [0.1, 0.15) is 22.9 Å². The lowest BCUT2D eigenvalue weighted by Gasteiger charge is -2.34. The SMILES string of the molecule is COc1cc(C)cc(C)c1C(N)N1CCNCC1. The highest BCUT2D eigenvalue weighted by Crippen LogP contribution is 2.30. The summed E-state index contributed by atoms with van der Waals surface area (Å²) in [5.41, 5.74) is 9.95. The van der Waals surface area contributed by atoms with Gasteiger partial charge in [0.25, 0.3) is 0 Å². The fourth-order valence-electron chi connectivity index (χ4n) is 2.63. The summed E-state index contributed by atoms with van der Waals surface area (Å²) < 4.78 is 5.50. The summed E-state index contributed by atoms with van der Waals surface area (Å²) in [7, 11) is 1.71. The maximum absolute atomic E-state index is 6.42. The van der Waals surface area contributed by atoms with Crippen molar-refractivity contribution in [2.24, 2.45) is 5.73 Å². The highest BCUT2D eigenvalue weighted by atomic mass is 16.5. The Morgan fingerprint density at radius 2 is 1.94 bits per heavy atom. The second-order valence-corrected chi connectivity index (χ2v) is 4.93. The lowest BCUT2D eigenvalue weighted by molar-refractivity contribution is 0.174. The van der Waals surface area contributed by atoms with Gasteiger partial charge in [-0.05, 0) is 31.0 Å². The van der Waals surface area contributed by atoms with E-state index in [4.69, 9.17) is 10.5 Å². The first kappa shape index (κ1) is 13.3. The first-order valence-electron chi connectivity index (χ1n) is 6.49. The number of nitrogens with one attached hydrogen (secondary N) is 1. The van der Waals surface area contributed by atoms with Crippen molar-refractivity contribution in [1.29, 1.82) is 0 Å². The summed E-state index contributed by atoms with van der Waals surface area (Å²) in [6.07, 6.45) is -0.0809. The molecule has 0 amide bonds. The molecule has 3 N–H and O–H groups in total. The maximum atomic E-state index is 6.42. The Balaban J connectivity index is 2.30. The van der Waals surface area contributed by atoms with Crippen LogP contribution in [-0.2, 0) is 0 Å². The number of aryl methyl sites for hydroxylation is 2. The van der Waals surface area contributed by atoms with E-state index in [1.807, 2.05) is 0 Å². The van der Waals surface area contributed by atoms with Crippen molar-refractivity contribution < 1.29 is 4.74 Å². The summed E-state index contributed by atoms with van der Waals surface area (Å²) in [6, 6.07) is 4.23. The molecule has 1 aromatic rings. The molecule has 4 heteroatoms. The first-order chi connectivity index (χ1) is 8.63. The summed E-state index contributed by atoms with van der Waals surface area (Å²) in [6.45, 7) is 8.15. The predicted molar refractivity (Wildman–Crippen MR) is 73.8 cm³/mol. The van der Waals surface area contributed by atoms with Gasteiger partial charge in [0, 0.05) is 31.7 Å². The Labute approximate surface area is 109 Å². The minimum Gasteiger partial charge on any atom is -0.496 e. The van der Waals surface area contributed by atoms with E-state index in [0.717, 1.165) is 37.5 Å². The lowest BCUT2D eigenvalue weighted by atomic mass is 10.0. The number of piperazine rings is 1. The van der Waals surface area contributed by atoms with Crippen LogP contribution in [0.5, 0.6) is 5.75 Å². The zero-order valence-corrected chi connectivity index (χ0v) is 11.5. The van der Waals surface area contributed by atoms with Crippen molar-refractivity contribution in [1.82, 2.24) is 10.2 Å². The molecule has 0 radical (unpaired) electrons. The third-order valence-corrected chi connectivity index (χ3v) is 3.55. The Hall–Kier alpha value is -1.10. The van der Waals surface area contributed by atoms with E-state index in [1.165, 1.54) is 11.1 Å². The molecule has 0 aliphatic carbocycles. The highest BCUT2D eigenvalue weighted by Gasteiger charge is 2.23. The molecule has 1 aliphatic heterocycles. The van der Waals surface area contributed by atoms with E-state index in [0.29, 0.717) is 0 Å². The van der Waals surface area contributed by atoms with Crippen LogP contribution in [0.3, 0.4) is 0 Å². The molecule has 1 atom stereocenters. The van der Waals surface area contributed by atoms with Crippen LogP contribution < -0.4 is 15.8 Å². The third kappa shape index (κ3) is 2.66. The van der Waals surface area contributed by atoms with Crippen LogP contribution in [-0.4, -0.2) is 38.2 Å². The molecule has 2 rings (SSSR count). The van der Waals surface area contributed by atoms with Gasteiger partial charge < -0.3 is 15.8 Å². The normalized spacial score (nSPS) is 18.7. The smallest absolute Gasteiger partial charge is 0.125 e. The van der Waals surface area contributed by atoms with Crippen molar-refractivity contribution in [2.45, 2.75) is 20.0 Å². The molecule has 4 nitrogen and oxygen atoms in total. The summed E-state index contributed by atoms with van der Waals surface area (Å²) in [5.74, 6) is 0.901. The molecule has 100 valence electrons. The molecule has 1 unspecified atom stereocenters. The Morgan fingerprint density at radius 1 is 1.28 bits per heavy atom. The number of hydrogen-bond acceptors (Lipinski definition) is 4. The Bertz CT molecular complexity index is 414. The Kier molecular flexibility index (Phi) is 4.22. The molecule has 0 saturated carbocycles. The van der Waals surface area contributed by atoms with Gasteiger partial charge in [0.2, 0.25) is 0 Å². The third-order valence-electron chi connectivity index (χ3n) is 3.55. The van der Waals surface area contributed by atoms with E-state index in [1.54, 1.807) is 7.11 Å². The molecule has 1 aliphatic rings. The number of hydrogen-bond donors (Lipinski definition) is 2. The average Bonchev–Trinajstić information content (AvgIpc) is 2.38. The first-order valence-corrected chi connectivity index (χ1v) is 6.49. The molecule has 0 aromatic heterocycles. The van der Waals surface area contributed by atoms with Gasteiger partial charge in [-0.3, -0.25) is 4.90 Å². The summed E-state index contributed by atoms with van der Waals surface area (Å²) in [5, 5.41) is 3.34. The van der Waals surface area contributed by atoms with E-state index in [-0.39, 0.29) is 6.17 Å². The largest absolute Gasteiger partial charge is 0.496 e. The zero-order valence-electron chi connectivity index (χ0n) is 11.5. The van der Waals surface area contributed by atoms with Gasteiger partial charge in [-0.25, -0.2) is 0 Å². The summed E-state index contributed by atoms with van der Waals surface area (Å²) in [4.78, 5) is 2.30. The highest BCUT2D eigenvalue weighted by molar-refractivity contribution is 5.44. The number of nitrogens with zero attached hydrogens (tertiary/aromatic N) is 1. The minimum absolute atomic E-state index is 0.0809. The molecular weight excluding hydrogens is 226 g/mol. The maximum Gasteiger partial charge on any atom is 0.125 e. The van der Waals surface area contributed by atoms with Gasteiger partial charge >= 0.3 is 0 Å². The Morgan fingerprint density at radius 3 is 2.56 bits per heavy atom. The molecule has 1 fully saturated rings. The van der Waals surface area contributed by atoms with Crippen molar-refractivity contribution in [3.8, 4) is 5.75 Å². The second kappa shape index (κ2) is 5.69. The van der Waals surface area contributed by atoms with Crippen molar-refractivity contribution in [3.05, 3.63) is 28.8 Å². The van der Waals surface area contributed by atoms with E-state index in [2.05, 4.69) is 36.2 Å². The molecule has 18 heavy (non-hydrogen) atoms. The van der Waals surface area contributed by atoms with Crippen LogP contribution in [0.4, 0.5) is 0 Å². The standard InChI is InChI=1S/C14H23N3O/c1-10-8-11(2)13(12(9-10)18-3)14(15)17-6-4-16-5-7-17/h8-9,14,16H,4-7,15H2,1-3H3. The van der Waals surface area contributed by atoms with Crippen molar-refractivity contribution in [3.63, 3.8) is 0 Å². The van der Waals surface area contributed by atoms with Gasteiger partial charge in [0.1, 0.15) is 5.75 Å².